The quantitative estimate of drug-likeness (QED) is 0.358. The van der Waals surface area contributed by atoms with Gasteiger partial charge in [-0.3, -0.25) is 19.3 Å². The molecule has 3 rings (SSSR count). The average Bonchev–Trinajstić information content (AvgIpc) is 3.23. The van der Waals surface area contributed by atoms with E-state index in [1.54, 1.807) is 24.3 Å². The van der Waals surface area contributed by atoms with E-state index < -0.39 is 17.1 Å². The summed E-state index contributed by atoms with van der Waals surface area (Å²) in [6.07, 6.45) is 3.12. The number of amides is 2. The van der Waals surface area contributed by atoms with E-state index in [0.29, 0.717) is 16.5 Å². The van der Waals surface area contributed by atoms with E-state index >= 15 is 0 Å². The number of ether oxygens (including phenoxy) is 1. The number of thioether (sulfide) groups is 1. The van der Waals surface area contributed by atoms with Crippen molar-refractivity contribution in [3.63, 3.8) is 0 Å². The SMILES string of the molecule is CCCCOC(=O)CN1C(=O)S/C(=C/c2ccc(-c3ccc(Cl)cc3)o2)C1=O. The first-order chi connectivity index (χ1) is 13.5. The molecule has 1 aliphatic rings. The molecule has 0 spiro atoms. The minimum atomic E-state index is -0.597. The predicted octanol–water partition coefficient (Wildman–Crippen LogP) is 4.98. The van der Waals surface area contributed by atoms with Crippen LogP contribution in [0.25, 0.3) is 17.4 Å². The largest absolute Gasteiger partial charge is 0.464 e. The summed E-state index contributed by atoms with van der Waals surface area (Å²) in [6, 6.07) is 10.6. The number of hydrogen-bond acceptors (Lipinski definition) is 6. The van der Waals surface area contributed by atoms with Gasteiger partial charge < -0.3 is 9.15 Å². The van der Waals surface area contributed by atoms with Gasteiger partial charge in [-0.05, 0) is 54.6 Å². The normalized spacial score (nSPS) is 15.5. The van der Waals surface area contributed by atoms with Crippen molar-refractivity contribution in [3.05, 3.63) is 52.1 Å². The van der Waals surface area contributed by atoms with Crippen molar-refractivity contribution in [2.24, 2.45) is 0 Å². The van der Waals surface area contributed by atoms with Gasteiger partial charge >= 0.3 is 5.97 Å². The zero-order valence-electron chi connectivity index (χ0n) is 15.1. The molecule has 0 unspecified atom stereocenters. The fourth-order valence-corrected chi connectivity index (χ4v) is 3.41. The van der Waals surface area contributed by atoms with E-state index in [4.69, 9.17) is 20.8 Å². The summed E-state index contributed by atoms with van der Waals surface area (Å²) in [7, 11) is 0. The molecule has 0 atom stereocenters. The molecule has 1 aliphatic heterocycles. The number of benzene rings is 1. The van der Waals surface area contributed by atoms with Crippen LogP contribution in [0.5, 0.6) is 0 Å². The van der Waals surface area contributed by atoms with Crippen LogP contribution in [0.15, 0.2) is 45.7 Å². The molecule has 6 nitrogen and oxygen atoms in total. The van der Waals surface area contributed by atoms with Gasteiger partial charge in [-0.15, -0.1) is 0 Å². The predicted molar refractivity (Wildman–Crippen MR) is 108 cm³/mol. The van der Waals surface area contributed by atoms with Gasteiger partial charge in [0.2, 0.25) is 0 Å². The van der Waals surface area contributed by atoms with Crippen molar-refractivity contribution in [2.75, 3.05) is 13.2 Å². The minimum Gasteiger partial charge on any atom is -0.464 e. The Bertz CT molecular complexity index is 919. The Hall–Kier alpha value is -2.51. The molecule has 1 aromatic heterocycles. The lowest BCUT2D eigenvalue weighted by Crippen LogP contribution is -2.34. The Morgan fingerprint density at radius 3 is 2.68 bits per heavy atom. The van der Waals surface area contributed by atoms with Crippen molar-refractivity contribution in [3.8, 4) is 11.3 Å². The van der Waals surface area contributed by atoms with Crippen LogP contribution < -0.4 is 0 Å². The van der Waals surface area contributed by atoms with E-state index in [2.05, 4.69) is 0 Å². The van der Waals surface area contributed by atoms with Crippen LogP contribution in [-0.2, 0) is 14.3 Å². The number of halogens is 1. The van der Waals surface area contributed by atoms with Gasteiger partial charge in [-0.1, -0.05) is 24.9 Å². The number of rotatable bonds is 7. The first-order valence-electron chi connectivity index (χ1n) is 8.74. The summed E-state index contributed by atoms with van der Waals surface area (Å²) < 4.78 is 10.7. The monoisotopic (exact) mass is 419 g/mol. The number of unbranched alkanes of at least 4 members (excludes halogenated alkanes) is 1. The topological polar surface area (TPSA) is 76.8 Å². The number of carbonyl (C=O) groups is 3. The third-order valence-corrected chi connectivity index (χ3v) is 5.11. The number of esters is 1. The highest BCUT2D eigenvalue weighted by atomic mass is 35.5. The second-order valence-electron chi connectivity index (χ2n) is 6.05. The Morgan fingerprint density at radius 2 is 1.96 bits per heavy atom. The maximum atomic E-state index is 12.5. The molecule has 0 radical (unpaired) electrons. The van der Waals surface area contributed by atoms with Crippen LogP contribution in [-0.4, -0.2) is 35.2 Å². The molecular formula is C20H18ClNO5S. The Balaban J connectivity index is 1.68. The molecule has 8 heteroatoms. The van der Waals surface area contributed by atoms with Crippen LogP contribution in [0.4, 0.5) is 4.79 Å². The number of hydrogen-bond donors (Lipinski definition) is 0. The van der Waals surface area contributed by atoms with Gasteiger partial charge in [0.25, 0.3) is 11.1 Å². The van der Waals surface area contributed by atoms with Gasteiger partial charge in [0.15, 0.2) is 0 Å². The highest BCUT2D eigenvalue weighted by molar-refractivity contribution is 8.18. The maximum absolute atomic E-state index is 12.5. The molecule has 0 N–H and O–H groups in total. The molecule has 2 amide bonds. The molecule has 0 bridgehead atoms. The lowest BCUT2D eigenvalue weighted by atomic mass is 10.2. The molecule has 1 fully saturated rings. The fraction of sp³-hybridized carbons (Fsp3) is 0.250. The summed E-state index contributed by atoms with van der Waals surface area (Å²) in [5.41, 5.74) is 0.840. The van der Waals surface area contributed by atoms with Gasteiger partial charge in [0.1, 0.15) is 18.1 Å². The van der Waals surface area contributed by atoms with E-state index in [9.17, 15) is 14.4 Å². The van der Waals surface area contributed by atoms with E-state index in [1.807, 2.05) is 19.1 Å². The second-order valence-corrected chi connectivity index (χ2v) is 7.48. The molecule has 2 aromatic rings. The molecule has 1 aromatic carbocycles. The second kappa shape index (κ2) is 9.12. The van der Waals surface area contributed by atoms with Crippen molar-refractivity contribution < 1.29 is 23.5 Å². The van der Waals surface area contributed by atoms with Crippen LogP contribution >= 0.6 is 23.4 Å². The first-order valence-corrected chi connectivity index (χ1v) is 9.94. The van der Waals surface area contributed by atoms with E-state index in [1.165, 1.54) is 6.08 Å². The van der Waals surface area contributed by atoms with Crippen LogP contribution in [0.3, 0.4) is 0 Å². The summed E-state index contributed by atoms with van der Waals surface area (Å²) in [5, 5.41) is 0.116. The number of imide groups is 1. The van der Waals surface area contributed by atoms with E-state index in [0.717, 1.165) is 35.1 Å². The zero-order valence-corrected chi connectivity index (χ0v) is 16.7. The number of furan rings is 1. The summed E-state index contributed by atoms with van der Waals surface area (Å²) in [5.74, 6) is -0.0884. The van der Waals surface area contributed by atoms with Crippen molar-refractivity contribution >= 4 is 46.6 Å². The molecule has 0 saturated carbocycles. The summed E-state index contributed by atoms with van der Waals surface area (Å²) in [6.45, 7) is 1.86. The third-order valence-electron chi connectivity index (χ3n) is 3.95. The zero-order chi connectivity index (χ0) is 20.1. The van der Waals surface area contributed by atoms with E-state index in [-0.39, 0.29) is 18.1 Å². The summed E-state index contributed by atoms with van der Waals surface area (Å²) in [4.78, 5) is 37.4. The van der Waals surface area contributed by atoms with Crippen molar-refractivity contribution in [1.29, 1.82) is 0 Å². The minimum absolute atomic E-state index is 0.198. The highest BCUT2D eigenvalue weighted by Gasteiger charge is 2.36. The Morgan fingerprint density at radius 1 is 1.21 bits per heavy atom. The molecular weight excluding hydrogens is 402 g/mol. The van der Waals surface area contributed by atoms with Crippen LogP contribution in [0, 0.1) is 0 Å². The maximum Gasteiger partial charge on any atom is 0.326 e. The van der Waals surface area contributed by atoms with Crippen molar-refractivity contribution in [2.45, 2.75) is 19.8 Å². The van der Waals surface area contributed by atoms with Gasteiger partial charge in [-0.25, -0.2) is 0 Å². The smallest absolute Gasteiger partial charge is 0.326 e. The lowest BCUT2D eigenvalue weighted by Gasteiger charge is -2.11. The summed E-state index contributed by atoms with van der Waals surface area (Å²) >= 11 is 6.65. The van der Waals surface area contributed by atoms with Gasteiger partial charge in [0, 0.05) is 16.7 Å². The van der Waals surface area contributed by atoms with Gasteiger partial charge in [-0.2, -0.15) is 0 Å². The van der Waals surface area contributed by atoms with Crippen LogP contribution in [0.1, 0.15) is 25.5 Å². The molecule has 1 saturated heterocycles. The third kappa shape index (κ3) is 4.85. The number of nitrogens with zero attached hydrogens (tertiary/aromatic N) is 1. The lowest BCUT2D eigenvalue weighted by molar-refractivity contribution is -0.146. The Labute approximate surface area is 171 Å². The molecule has 146 valence electrons. The Kier molecular flexibility index (Phi) is 6.59. The van der Waals surface area contributed by atoms with Crippen molar-refractivity contribution in [1.82, 2.24) is 4.90 Å². The molecule has 0 aliphatic carbocycles. The molecule has 2 heterocycles. The highest BCUT2D eigenvalue weighted by Crippen LogP contribution is 2.33. The molecule has 28 heavy (non-hydrogen) atoms. The average molecular weight is 420 g/mol. The fourth-order valence-electron chi connectivity index (χ4n) is 2.47. The van der Waals surface area contributed by atoms with Gasteiger partial charge in [0.05, 0.1) is 11.5 Å². The van der Waals surface area contributed by atoms with Crippen LogP contribution in [0.2, 0.25) is 5.02 Å². The standard InChI is InChI=1S/C20H18ClNO5S/c1-2-3-10-26-18(23)12-22-19(24)17(28-20(22)25)11-15-8-9-16(27-15)13-4-6-14(21)7-5-13/h4-9,11H,2-3,10,12H2,1H3/b17-11+. The number of carbonyl (C=O) groups excluding carboxylic acids is 3. The first kappa shape index (κ1) is 20.2.